The van der Waals surface area contributed by atoms with E-state index in [9.17, 15) is 9.59 Å². The predicted octanol–water partition coefficient (Wildman–Crippen LogP) is 2.59. The molecule has 2 aromatic heterocycles. The van der Waals surface area contributed by atoms with E-state index in [1.165, 1.54) is 0 Å². The summed E-state index contributed by atoms with van der Waals surface area (Å²) in [5, 5.41) is 6.06. The number of carbonyl (C=O) groups is 2. The first-order valence-corrected chi connectivity index (χ1v) is 9.56. The van der Waals surface area contributed by atoms with E-state index in [1.807, 2.05) is 24.4 Å². The Morgan fingerprint density at radius 1 is 1.46 bits per heavy atom. The quantitative estimate of drug-likeness (QED) is 0.874. The van der Waals surface area contributed by atoms with Gasteiger partial charge in [0.15, 0.2) is 0 Å². The van der Waals surface area contributed by atoms with Gasteiger partial charge in [0.2, 0.25) is 5.91 Å². The summed E-state index contributed by atoms with van der Waals surface area (Å²) < 4.78 is 0. The van der Waals surface area contributed by atoms with Crippen LogP contribution in [0.1, 0.15) is 22.7 Å². The fraction of sp³-hybridized carbons (Fsp3) is 0.438. The molecule has 0 bridgehead atoms. The lowest BCUT2D eigenvalue weighted by molar-refractivity contribution is -0.126. The van der Waals surface area contributed by atoms with Gasteiger partial charge in [-0.05, 0) is 31.9 Å². The van der Waals surface area contributed by atoms with Crippen LogP contribution in [-0.4, -0.2) is 34.9 Å². The van der Waals surface area contributed by atoms with Gasteiger partial charge in [0.05, 0.1) is 28.0 Å². The van der Waals surface area contributed by atoms with Crippen LogP contribution in [0, 0.1) is 12.8 Å². The summed E-state index contributed by atoms with van der Waals surface area (Å²) in [6.07, 6.45) is 1.61. The number of rotatable bonds is 4. The number of thiophene rings is 1. The Labute approximate surface area is 148 Å². The van der Waals surface area contributed by atoms with Crippen LogP contribution in [0.25, 0.3) is 10.6 Å². The molecule has 3 amide bonds. The lowest BCUT2D eigenvalue weighted by Gasteiger charge is -2.30. The molecule has 3 rings (SSSR count). The number of aromatic nitrogens is 1. The Bertz CT molecular complexity index is 740. The lowest BCUT2D eigenvalue weighted by atomic mass is 9.97. The predicted molar refractivity (Wildman–Crippen MR) is 95.9 cm³/mol. The van der Waals surface area contributed by atoms with Crippen LogP contribution in [0.2, 0.25) is 0 Å². The highest BCUT2D eigenvalue weighted by atomic mass is 32.1. The van der Waals surface area contributed by atoms with Crippen LogP contribution in [0.5, 0.6) is 0 Å². The van der Waals surface area contributed by atoms with Gasteiger partial charge in [-0.3, -0.25) is 4.79 Å². The van der Waals surface area contributed by atoms with E-state index in [0.717, 1.165) is 33.3 Å². The molecular formula is C16H20N4O2S2. The third kappa shape index (κ3) is 3.93. The summed E-state index contributed by atoms with van der Waals surface area (Å²) in [6, 6.07) is 3.61. The van der Waals surface area contributed by atoms with Crippen molar-refractivity contribution >= 4 is 34.6 Å². The molecule has 3 heterocycles. The SMILES string of the molecule is Cc1nc(-c2ccc(CNC(=O)[C@@H]3CCCN(C(N)=O)C3)s2)cs1. The third-order valence-electron chi connectivity index (χ3n) is 4.07. The number of thiazole rings is 1. The molecule has 2 aromatic rings. The van der Waals surface area contributed by atoms with E-state index in [-0.39, 0.29) is 11.8 Å². The minimum atomic E-state index is -0.450. The Hall–Kier alpha value is -1.93. The van der Waals surface area contributed by atoms with Crippen molar-refractivity contribution in [3.05, 3.63) is 27.4 Å². The number of nitrogens with zero attached hydrogens (tertiary/aromatic N) is 2. The second-order valence-electron chi connectivity index (χ2n) is 5.86. The van der Waals surface area contributed by atoms with E-state index in [1.54, 1.807) is 27.6 Å². The van der Waals surface area contributed by atoms with E-state index in [4.69, 9.17) is 5.73 Å². The molecule has 6 nitrogen and oxygen atoms in total. The lowest BCUT2D eigenvalue weighted by Crippen LogP contribution is -2.47. The smallest absolute Gasteiger partial charge is 0.314 e. The average molecular weight is 364 g/mol. The molecule has 1 atom stereocenters. The van der Waals surface area contributed by atoms with E-state index in [2.05, 4.69) is 10.3 Å². The highest BCUT2D eigenvalue weighted by Gasteiger charge is 2.27. The number of amides is 3. The highest BCUT2D eigenvalue weighted by Crippen LogP contribution is 2.29. The summed E-state index contributed by atoms with van der Waals surface area (Å²) in [7, 11) is 0. The summed E-state index contributed by atoms with van der Waals surface area (Å²) in [6.45, 7) is 3.54. The van der Waals surface area contributed by atoms with Crippen molar-refractivity contribution in [3.63, 3.8) is 0 Å². The molecule has 8 heteroatoms. The second kappa shape index (κ2) is 7.31. The first kappa shape index (κ1) is 16.9. The zero-order valence-electron chi connectivity index (χ0n) is 13.4. The highest BCUT2D eigenvalue weighted by molar-refractivity contribution is 7.16. The molecule has 0 aliphatic carbocycles. The number of nitrogens with one attached hydrogen (secondary N) is 1. The van der Waals surface area contributed by atoms with Gasteiger partial charge in [-0.1, -0.05) is 0 Å². The Kier molecular flexibility index (Phi) is 5.15. The fourth-order valence-electron chi connectivity index (χ4n) is 2.80. The van der Waals surface area contributed by atoms with Gasteiger partial charge in [-0.2, -0.15) is 0 Å². The topological polar surface area (TPSA) is 88.3 Å². The number of likely N-dealkylation sites (tertiary alicyclic amines) is 1. The number of hydrogen-bond donors (Lipinski definition) is 2. The molecule has 1 aliphatic heterocycles. The summed E-state index contributed by atoms with van der Waals surface area (Å²) in [5.74, 6) is -0.188. The number of piperidine rings is 1. The maximum Gasteiger partial charge on any atom is 0.314 e. The molecule has 1 aliphatic rings. The van der Waals surface area contributed by atoms with Crippen molar-refractivity contribution in [1.82, 2.24) is 15.2 Å². The van der Waals surface area contributed by atoms with Gasteiger partial charge in [-0.15, -0.1) is 22.7 Å². The molecule has 1 saturated heterocycles. The molecule has 0 radical (unpaired) electrons. The summed E-state index contributed by atoms with van der Waals surface area (Å²) in [5.41, 5.74) is 6.30. The van der Waals surface area contributed by atoms with Crippen molar-refractivity contribution in [2.75, 3.05) is 13.1 Å². The molecular weight excluding hydrogens is 344 g/mol. The van der Waals surface area contributed by atoms with Crippen molar-refractivity contribution < 1.29 is 9.59 Å². The standard InChI is InChI=1S/C16H20N4O2S2/c1-10-19-13(9-23-10)14-5-4-12(24-14)7-18-15(21)11-3-2-6-20(8-11)16(17)22/h4-5,9,11H,2-3,6-8H2,1H3,(H2,17,22)(H,18,21)/t11-/m1/s1. The Morgan fingerprint density at radius 3 is 3.00 bits per heavy atom. The van der Waals surface area contributed by atoms with E-state index in [0.29, 0.717) is 19.6 Å². The molecule has 1 fully saturated rings. The minimum Gasteiger partial charge on any atom is -0.351 e. The van der Waals surface area contributed by atoms with Gasteiger partial charge in [0.25, 0.3) is 0 Å². The van der Waals surface area contributed by atoms with Crippen LogP contribution in [-0.2, 0) is 11.3 Å². The largest absolute Gasteiger partial charge is 0.351 e. The average Bonchev–Trinajstić information content (AvgIpc) is 3.21. The molecule has 0 unspecified atom stereocenters. The van der Waals surface area contributed by atoms with Gasteiger partial charge < -0.3 is 16.0 Å². The number of primary amides is 1. The molecule has 0 spiro atoms. The van der Waals surface area contributed by atoms with Crippen LogP contribution in [0.4, 0.5) is 4.79 Å². The van der Waals surface area contributed by atoms with Gasteiger partial charge in [0, 0.05) is 23.3 Å². The normalized spacial score (nSPS) is 17.7. The number of aryl methyl sites for hydroxylation is 1. The second-order valence-corrected chi connectivity index (χ2v) is 8.09. The molecule has 0 aromatic carbocycles. The van der Waals surface area contributed by atoms with Crippen molar-refractivity contribution in [1.29, 1.82) is 0 Å². The molecule has 0 saturated carbocycles. The van der Waals surface area contributed by atoms with Crippen molar-refractivity contribution in [3.8, 4) is 10.6 Å². The Morgan fingerprint density at radius 2 is 2.29 bits per heavy atom. The van der Waals surface area contributed by atoms with Gasteiger partial charge in [-0.25, -0.2) is 9.78 Å². The van der Waals surface area contributed by atoms with Crippen molar-refractivity contribution in [2.45, 2.75) is 26.3 Å². The summed E-state index contributed by atoms with van der Waals surface area (Å²) in [4.78, 5) is 31.8. The summed E-state index contributed by atoms with van der Waals surface area (Å²) >= 11 is 3.27. The van der Waals surface area contributed by atoms with Gasteiger partial charge >= 0.3 is 6.03 Å². The number of urea groups is 1. The van der Waals surface area contributed by atoms with Crippen LogP contribution >= 0.6 is 22.7 Å². The number of hydrogen-bond acceptors (Lipinski definition) is 5. The zero-order chi connectivity index (χ0) is 17.1. The maximum atomic E-state index is 12.3. The van der Waals surface area contributed by atoms with Crippen LogP contribution < -0.4 is 11.1 Å². The van der Waals surface area contributed by atoms with Gasteiger partial charge in [0.1, 0.15) is 0 Å². The monoisotopic (exact) mass is 364 g/mol. The fourth-order valence-corrected chi connectivity index (χ4v) is 4.39. The zero-order valence-corrected chi connectivity index (χ0v) is 15.1. The first-order chi connectivity index (χ1) is 11.5. The molecule has 128 valence electrons. The molecule has 24 heavy (non-hydrogen) atoms. The van der Waals surface area contributed by atoms with E-state index >= 15 is 0 Å². The molecule has 3 N–H and O–H groups in total. The maximum absolute atomic E-state index is 12.3. The van der Waals surface area contributed by atoms with E-state index < -0.39 is 6.03 Å². The van der Waals surface area contributed by atoms with Crippen LogP contribution in [0.3, 0.4) is 0 Å². The third-order valence-corrected chi connectivity index (χ3v) is 5.96. The number of nitrogens with two attached hydrogens (primary N) is 1. The van der Waals surface area contributed by atoms with Crippen molar-refractivity contribution in [2.24, 2.45) is 11.7 Å². The first-order valence-electron chi connectivity index (χ1n) is 7.86. The Balaban J connectivity index is 1.55. The van der Waals surface area contributed by atoms with Crippen LogP contribution in [0.15, 0.2) is 17.5 Å². The number of carbonyl (C=O) groups excluding carboxylic acids is 2. The minimum absolute atomic E-state index is 0.0135.